The highest BCUT2D eigenvalue weighted by Crippen LogP contribution is 2.56. The van der Waals surface area contributed by atoms with E-state index in [1.165, 1.54) is 11.1 Å². The number of pyridine rings is 1. The zero-order chi connectivity index (χ0) is 16.0. The molecule has 3 nitrogen and oxygen atoms in total. The Morgan fingerprint density at radius 3 is 2.65 bits per heavy atom. The molecular weight excluding hydrogens is 284 g/mol. The number of carbonyl (C=O) groups excluding carboxylic acids is 1. The molecule has 2 aliphatic carbocycles. The van der Waals surface area contributed by atoms with Gasteiger partial charge in [0.25, 0.3) is 0 Å². The van der Waals surface area contributed by atoms with Crippen molar-refractivity contribution in [3.8, 4) is 0 Å². The summed E-state index contributed by atoms with van der Waals surface area (Å²) in [6.07, 6.45) is 4.63. The van der Waals surface area contributed by atoms with Gasteiger partial charge in [0.15, 0.2) is 0 Å². The van der Waals surface area contributed by atoms with Gasteiger partial charge >= 0.3 is 0 Å². The van der Waals surface area contributed by atoms with Gasteiger partial charge < -0.3 is 5.32 Å². The fourth-order valence-electron chi connectivity index (χ4n) is 4.21. The number of nitrogens with one attached hydrogen (secondary N) is 1. The molecule has 4 rings (SSSR count). The lowest BCUT2D eigenvalue weighted by atomic mass is 9.88. The predicted molar refractivity (Wildman–Crippen MR) is 90.1 cm³/mol. The number of amides is 1. The van der Waals surface area contributed by atoms with Crippen molar-refractivity contribution in [2.45, 2.75) is 38.1 Å². The fraction of sp³-hybridized carbons (Fsp3) is 0.400. The minimum Gasteiger partial charge on any atom is -0.352 e. The summed E-state index contributed by atoms with van der Waals surface area (Å²) in [4.78, 5) is 16.9. The summed E-state index contributed by atoms with van der Waals surface area (Å²) < 4.78 is 0. The van der Waals surface area contributed by atoms with Gasteiger partial charge in [-0.15, -0.1) is 0 Å². The van der Waals surface area contributed by atoms with Crippen LogP contribution in [0.4, 0.5) is 0 Å². The molecule has 0 unspecified atom stereocenters. The molecule has 4 atom stereocenters. The summed E-state index contributed by atoms with van der Waals surface area (Å²) in [5.41, 5.74) is 3.95. The number of aromatic nitrogens is 1. The van der Waals surface area contributed by atoms with Crippen LogP contribution in [0, 0.1) is 11.8 Å². The van der Waals surface area contributed by atoms with Crippen LogP contribution in [0.15, 0.2) is 48.8 Å². The van der Waals surface area contributed by atoms with Crippen molar-refractivity contribution < 1.29 is 4.79 Å². The van der Waals surface area contributed by atoms with Gasteiger partial charge in [0, 0.05) is 24.4 Å². The van der Waals surface area contributed by atoms with Crippen molar-refractivity contribution in [1.29, 1.82) is 0 Å². The van der Waals surface area contributed by atoms with E-state index in [4.69, 9.17) is 0 Å². The smallest absolute Gasteiger partial charge is 0.228 e. The molecule has 118 valence electrons. The van der Waals surface area contributed by atoms with Crippen molar-refractivity contribution in [3.05, 3.63) is 65.5 Å². The highest BCUT2D eigenvalue weighted by molar-refractivity contribution is 5.84. The Morgan fingerprint density at radius 2 is 1.91 bits per heavy atom. The van der Waals surface area contributed by atoms with E-state index in [1.807, 2.05) is 12.1 Å². The molecule has 1 heterocycles. The van der Waals surface area contributed by atoms with Crippen LogP contribution in [-0.4, -0.2) is 16.9 Å². The number of carbonyl (C=O) groups is 1. The van der Waals surface area contributed by atoms with Crippen LogP contribution >= 0.6 is 0 Å². The predicted octanol–water partition coefficient (Wildman–Crippen LogP) is 3.28. The molecule has 1 aromatic carbocycles. The van der Waals surface area contributed by atoms with Crippen molar-refractivity contribution >= 4 is 5.91 Å². The second-order valence-electron chi connectivity index (χ2n) is 7.13. The van der Waals surface area contributed by atoms with E-state index in [-0.39, 0.29) is 17.7 Å². The zero-order valence-electron chi connectivity index (χ0n) is 13.6. The molecule has 2 aliphatic rings. The molecule has 1 amide bonds. The SMILES string of the molecule is CC(C)[C@H](C(=O)N[C@@H]1[C@@H]2Cc3ccccc3[C@H]21)c1ccncc1. The van der Waals surface area contributed by atoms with Gasteiger partial charge in [-0.25, -0.2) is 0 Å². The number of fused-ring (bicyclic) bond motifs is 3. The Bertz CT molecular complexity index is 725. The first-order valence-corrected chi connectivity index (χ1v) is 8.45. The maximum absolute atomic E-state index is 12.8. The summed E-state index contributed by atoms with van der Waals surface area (Å²) in [7, 11) is 0. The number of hydrogen-bond acceptors (Lipinski definition) is 2. The van der Waals surface area contributed by atoms with E-state index in [0.717, 1.165) is 12.0 Å². The monoisotopic (exact) mass is 306 g/mol. The van der Waals surface area contributed by atoms with E-state index in [0.29, 0.717) is 17.9 Å². The van der Waals surface area contributed by atoms with Crippen LogP contribution in [0.3, 0.4) is 0 Å². The second-order valence-corrected chi connectivity index (χ2v) is 7.13. The summed E-state index contributed by atoms with van der Waals surface area (Å²) in [6.45, 7) is 4.21. The van der Waals surface area contributed by atoms with Gasteiger partial charge in [0.2, 0.25) is 5.91 Å². The highest BCUT2D eigenvalue weighted by Gasteiger charge is 2.56. The molecule has 1 N–H and O–H groups in total. The Labute approximate surface area is 137 Å². The molecular formula is C20H22N2O. The number of rotatable bonds is 4. The molecule has 23 heavy (non-hydrogen) atoms. The third kappa shape index (κ3) is 2.44. The number of benzene rings is 1. The first kappa shape index (κ1) is 14.4. The van der Waals surface area contributed by atoms with E-state index < -0.39 is 0 Å². The molecule has 2 aromatic rings. The van der Waals surface area contributed by atoms with Crippen molar-refractivity contribution in [1.82, 2.24) is 10.3 Å². The minimum absolute atomic E-state index is 0.102. The highest BCUT2D eigenvalue weighted by atomic mass is 16.2. The lowest BCUT2D eigenvalue weighted by Gasteiger charge is -2.21. The first-order chi connectivity index (χ1) is 11.2. The second kappa shape index (κ2) is 5.48. The van der Waals surface area contributed by atoms with Gasteiger partial charge in [-0.3, -0.25) is 9.78 Å². The average molecular weight is 306 g/mol. The Morgan fingerprint density at radius 1 is 1.17 bits per heavy atom. The van der Waals surface area contributed by atoms with Crippen molar-refractivity contribution in [2.75, 3.05) is 0 Å². The van der Waals surface area contributed by atoms with Crippen LogP contribution in [0.5, 0.6) is 0 Å². The molecule has 0 bridgehead atoms. The van der Waals surface area contributed by atoms with Crippen LogP contribution in [0.2, 0.25) is 0 Å². The third-order valence-electron chi connectivity index (χ3n) is 5.36. The lowest BCUT2D eigenvalue weighted by Crippen LogP contribution is -2.35. The molecule has 1 aromatic heterocycles. The fourth-order valence-corrected chi connectivity index (χ4v) is 4.21. The molecule has 0 spiro atoms. The maximum Gasteiger partial charge on any atom is 0.228 e. The molecule has 3 heteroatoms. The zero-order valence-corrected chi connectivity index (χ0v) is 13.6. The Hall–Kier alpha value is -2.16. The van der Waals surface area contributed by atoms with Crippen LogP contribution in [0.1, 0.15) is 42.4 Å². The average Bonchev–Trinajstić information content (AvgIpc) is 3.05. The molecule has 0 radical (unpaired) electrons. The van der Waals surface area contributed by atoms with E-state index >= 15 is 0 Å². The van der Waals surface area contributed by atoms with Crippen molar-refractivity contribution in [2.24, 2.45) is 11.8 Å². The van der Waals surface area contributed by atoms with Gasteiger partial charge in [-0.05, 0) is 47.1 Å². The lowest BCUT2D eigenvalue weighted by molar-refractivity contribution is -0.123. The van der Waals surface area contributed by atoms with Gasteiger partial charge in [-0.1, -0.05) is 38.1 Å². The topological polar surface area (TPSA) is 42.0 Å². The Kier molecular flexibility index (Phi) is 3.44. The summed E-state index contributed by atoms with van der Waals surface area (Å²) in [5.74, 6) is 1.45. The third-order valence-corrected chi connectivity index (χ3v) is 5.36. The molecule has 1 fully saturated rings. The molecule has 0 aliphatic heterocycles. The Balaban J connectivity index is 1.49. The standard InChI is InChI=1S/C20H22N2O/c1-12(2)17(13-7-9-21-10-8-13)20(23)22-19-16-11-14-5-3-4-6-15(14)18(16)19/h3-10,12,16-19H,11H2,1-2H3,(H,22,23)/t16-,17+,18-,19-/m1/s1. The molecule has 0 saturated heterocycles. The van der Waals surface area contributed by atoms with E-state index in [9.17, 15) is 4.79 Å². The van der Waals surface area contributed by atoms with Gasteiger partial charge in [0.05, 0.1) is 5.92 Å². The minimum atomic E-state index is -0.102. The van der Waals surface area contributed by atoms with Gasteiger partial charge in [0.1, 0.15) is 0 Å². The normalized spacial score (nSPS) is 25.6. The molecule has 1 saturated carbocycles. The summed E-state index contributed by atoms with van der Waals surface area (Å²) in [6, 6.07) is 12.9. The first-order valence-electron chi connectivity index (χ1n) is 8.45. The summed E-state index contributed by atoms with van der Waals surface area (Å²) >= 11 is 0. The largest absolute Gasteiger partial charge is 0.352 e. The van der Waals surface area contributed by atoms with Crippen molar-refractivity contribution in [3.63, 3.8) is 0 Å². The van der Waals surface area contributed by atoms with Crippen LogP contribution in [-0.2, 0) is 11.2 Å². The summed E-state index contributed by atoms with van der Waals surface area (Å²) in [5, 5.41) is 3.32. The van der Waals surface area contributed by atoms with Crippen LogP contribution in [0.25, 0.3) is 0 Å². The number of hydrogen-bond donors (Lipinski definition) is 1. The quantitative estimate of drug-likeness (QED) is 0.942. The number of nitrogens with zero attached hydrogens (tertiary/aromatic N) is 1. The maximum atomic E-state index is 12.8. The van der Waals surface area contributed by atoms with E-state index in [2.05, 4.69) is 48.4 Å². The van der Waals surface area contributed by atoms with E-state index in [1.54, 1.807) is 12.4 Å². The van der Waals surface area contributed by atoms with Crippen LogP contribution < -0.4 is 5.32 Å². The van der Waals surface area contributed by atoms with Gasteiger partial charge in [-0.2, -0.15) is 0 Å².